The van der Waals surface area contributed by atoms with Gasteiger partial charge in [-0.15, -0.1) is 0 Å². The minimum atomic E-state index is -0.735. The van der Waals surface area contributed by atoms with Gasteiger partial charge in [0.15, 0.2) is 11.5 Å². The average molecular weight is 307 g/mol. The lowest BCUT2D eigenvalue weighted by Gasteiger charge is -2.12. The molecule has 0 amide bonds. The van der Waals surface area contributed by atoms with Crippen LogP contribution in [0.2, 0.25) is 0 Å². The molecule has 0 aliphatic heterocycles. The number of benzene rings is 1. The lowest BCUT2D eigenvalue weighted by Crippen LogP contribution is -2.07. The van der Waals surface area contributed by atoms with Gasteiger partial charge in [0.05, 0.1) is 20.3 Å². The summed E-state index contributed by atoms with van der Waals surface area (Å²) in [6.07, 6.45) is 1.35. The van der Waals surface area contributed by atoms with Gasteiger partial charge >= 0.3 is 5.97 Å². The first-order chi connectivity index (χ1) is 10.7. The van der Waals surface area contributed by atoms with Gasteiger partial charge in [-0.1, -0.05) is 6.07 Å². The maximum absolute atomic E-state index is 11.4. The summed E-state index contributed by atoms with van der Waals surface area (Å²) in [5.41, 5.74) is 0.380. The van der Waals surface area contributed by atoms with E-state index in [-0.39, 0.29) is 32.0 Å². The van der Waals surface area contributed by atoms with Crippen molar-refractivity contribution in [1.82, 2.24) is 0 Å². The Morgan fingerprint density at radius 2 is 1.86 bits per heavy atom. The summed E-state index contributed by atoms with van der Waals surface area (Å²) in [5, 5.41) is 26.5. The topological polar surface area (TPSA) is 109 Å². The summed E-state index contributed by atoms with van der Waals surface area (Å²) < 4.78 is 15.1. The van der Waals surface area contributed by atoms with Crippen LogP contribution in [0.5, 0.6) is 11.5 Å². The number of ether oxygens (including phenoxy) is 3. The van der Waals surface area contributed by atoms with Crippen LogP contribution in [0, 0.1) is 11.3 Å². The van der Waals surface area contributed by atoms with Gasteiger partial charge < -0.3 is 24.4 Å². The Bertz CT molecular complexity index is 576. The molecule has 0 aromatic heterocycles. The van der Waals surface area contributed by atoms with E-state index < -0.39 is 5.97 Å². The third-order valence-corrected chi connectivity index (χ3v) is 2.50. The number of carbonyl (C=O) groups is 1. The molecule has 0 heterocycles. The van der Waals surface area contributed by atoms with Crippen LogP contribution in [0.15, 0.2) is 23.8 Å². The SMILES string of the molecule is COC(=O)/C(C#N)=C\c1ccc(OCCO)c(OCCO)c1. The molecule has 0 atom stereocenters. The number of hydrogen-bond donors (Lipinski definition) is 2. The molecule has 0 radical (unpaired) electrons. The number of carbonyl (C=O) groups excluding carboxylic acids is 1. The van der Waals surface area contributed by atoms with E-state index in [9.17, 15) is 4.79 Å². The molecule has 7 nitrogen and oxygen atoms in total. The molecule has 1 aromatic rings. The van der Waals surface area contributed by atoms with Crippen molar-refractivity contribution in [2.45, 2.75) is 0 Å². The quantitative estimate of drug-likeness (QED) is 0.409. The van der Waals surface area contributed by atoms with E-state index in [4.69, 9.17) is 24.9 Å². The van der Waals surface area contributed by atoms with Crippen LogP contribution in [0.3, 0.4) is 0 Å². The smallest absolute Gasteiger partial charge is 0.348 e. The third kappa shape index (κ3) is 5.09. The molecule has 22 heavy (non-hydrogen) atoms. The fourth-order valence-corrected chi connectivity index (χ4v) is 1.57. The number of aliphatic hydroxyl groups excluding tert-OH is 2. The van der Waals surface area contributed by atoms with Gasteiger partial charge in [0.1, 0.15) is 24.9 Å². The Labute approximate surface area is 128 Å². The number of methoxy groups -OCH3 is 1. The van der Waals surface area contributed by atoms with Gasteiger partial charge in [0, 0.05) is 0 Å². The Morgan fingerprint density at radius 1 is 1.23 bits per heavy atom. The van der Waals surface area contributed by atoms with E-state index in [0.717, 1.165) is 0 Å². The van der Waals surface area contributed by atoms with Crippen molar-refractivity contribution < 1.29 is 29.2 Å². The highest BCUT2D eigenvalue weighted by molar-refractivity contribution is 5.97. The van der Waals surface area contributed by atoms with E-state index in [1.807, 2.05) is 0 Å². The van der Waals surface area contributed by atoms with Gasteiger partial charge in [-0.3, -0.25) is 0 Å². The van der Waals surface area contributed by atoms with Crippen molar-refractivity contribution in [1.29, 1.82) is 5.26 Å². The first-order valence-corrected chi connectivity index (χ1v) is 6.47. The summed E-state index contributed by atoms with van der Waals surface area (Å²) in [7, 11) is 1.19. The molecule has 1 rings (SSSR count). The molecule has 0 bridgehead atoms. The second kappa shape index (κ2) is 9.39. The van der Waals surface area contributed by atoms with Crippen LogP contribution in [0.1, 0.15) is 5.56 Å². The molecular weight excluding hydrogens is 290 g/mol. The predicted molar refractivity (Wildman–Crippen MR) is 77.2 cm³/mol. The Morgan fingerprint density at radius 3 is 2.41 bits per heavy atom. The molecule has 2 N–H and O–H groups in total. The summed E-state index contributed by atoms with van der Waals surface area (Å²) in [6, 6.07) is 6.52. The molecule has 0 fully saturated rings. The van der Waals surface area contributed by atoms with E-state index >= 15 is 0 Å². The zero-order chi connectivity index (χ0) is 16.4. The van der Waals surface area contributed by atoms with Crippen LogP contribution in [-0.4, -0.2) is 49.7 Å². The van der Waals surface area contributed by atoms with Crippen LogP contribution in [0.25, 0.3) is 6.08 Å². The van der Waals surface area contributed by atoms with E-state index in [0.29, 0.717) is 17.1 Å². The molecule has 0 spiro atoms. The second-order valence-corrected chi connectivity index (χ2v) is 4.01. The number of aliphatic hydroxyl groups is 2. The molecule has 0 saturated heterocycles. The molecule has 0 aliphatic carbocycles. The van der Waals surface area contributed by atoms with Gasteiger partial charge in [-0.05, 0) is 23.8 Å². The Hall–Kier alpha value is -2.56. The lowest BCUT2D eigenvalue weighted by atomic mass is 10.1. The van der Waals surface area contributed by atoms with Crippen molar-refractivity contribution in [3.05, 3.63) is 29.3 Å². The Balaban J connectivity index is 3.09. The number of rotatable bonds is 8. The van der Waals surface area contributed by atoms with Crippen molar-refractivity contribution in [3.8, 4) is 17.6 Å². The molecule has 0 saturated carbocycles. The first-order valence-electron chi connectivity index (χ1n) is 6.47. The highest BCUT2D eigenvalue weighted by Gasteiger charge is 2.11. The highest BCUT2D eigenvalue weighted by Crippen LogP contribution is 2.29. The van der Waals surface area contributed by atoms with E-state index in [1.165, 1.54) is 13.2 Å². The van der Waals surface area contributed by atoms with Crippen LogP contribution in [-0.2, 0) is 9.53 Å². The van der Waals surface area contributed by atoms with Crippen molar-refractivity contribution in [2.24, 2.45) is 0 Å². The summed E-state index contributed by atoms with van der Waals surface area (Å²) in [5.74, 6) is -0.0180. The molecular formula is C15H17NO6. The van der Waals surface area contributed by atoms with Gasteiger partial charge in [-0.25, -0.2) is 4.79 Å². The van der Waals surface area contributed by atoms with E-state index in [2.05, 4.69) is 4.74 Å². The second-order valence-electron chi connectivity index (χ2n) is 4.01. The third-order valence-electron chi connectivity index (χ3n) is 2.50. The largest absolute Gasteiger partial charge is 0.487 e. The fourth-order valence-electron chi connectivity index (χ4n) is 1.57. The molecule has 0 unspecified atom stereocenters. The van der Waals surface area contributed by atoms with Crippen LogP contribution in [0.4, 0.5) is 0 Å². The van der Waals surface area contributed by atoms with Crippen molar-refractivity contribution >= 4 is 12.0 Å². The van der Waals surface area contributed by atoms with Crippen molar-refractivity contribution in [3.63, 3.8) is 0 Å². The maximum Gasteiger partial charge on any atom is 0.348 e. The van der Waals surface area contributed by atoms with Gasteiger partial charge in [0.2, 0.25) is 0 Å². The fraction of sp³-hybridized carbons (Fsp3) is 0.333. The number of hydrogen-bond acceptors (Lipinski definition) is 7. The summed E-state index contributed by atoms with van der Waals surface area (Å²) in [4.78, 5) is 11.4. The van der Waals surface area contributed by atoms with Crippen molar-refractivity contribution in [2.75, 3.05) is 33.5 Å². The standard InChI is InChI=1S/C15H17NO6/c1-20-15(19)12(10-16)8-11-2-3-13(21-6-4-17)14(9-11)22-7-5-18/h2-3,8-9,17-18H,4-7H2,1H3/b12-8-. The number of nitrogens with zero attached hydrogens (tertiary/aromatic N) is 1. The van der Waals surface area contributed by atoms with Gasteiger partial charge in [-0.2, -0.15) is 5.26 Å². The lowest BCUT2D eigenvalue weighted by molar-refractivity contribution is -0.135. The van der Waals surface area contributed by atoms with Crippen LogP contribution < -0.4 is 9.47 Å². The average Bonchev–Trinajstić information content (AvgIpc) is 2.55. The number of esters is 1. The minimum Gasteiger partial charge on any atom is -0.487 e. The maximum atomic E-state index is 11.4. The molecule has 0 aliphatic rings. The zero-order valence-corrected chi connectivity index (χ0v) is 12.1. The Kier molecular flexibility index (Phi) is 7.47. The first kappa shape index (κ1) is 17.5. The number of nitriles is 1. The van der Waals surface area contributed by atoms with Crippen LogP contribution >= 0.6 is 0 Å². The summed E-state index contributed by atoms with van der Waals surface area (Å²) in [6.45, 7) is -0.172. The molecule has 7 heteroatoms. The zero-order valence-electron chi connectivity index (χ0n) is 12.1. The molecule has 118 valence electrons. The predicted octanol–water partition coefficient (Wildman–Crippen LogP) is 0.509. The summed E-state index contributed by atoms with van der Waals surface area (Å²) >= 11 is 0. The molecule has 1 aromatic carbocycles. The normalized spacial score (nSPS) is 10.7. The van der Waals surface area contributed by atoms with E-state index in [1.54, 1.807) is 24.3 Å². The monoisotopic (exact) mass is 307 g/mol. The minimum absolute atomic E-state index is 0.0603. The van der Waals surface area contributed by atoms with Gasteiger partial charge in [0.25, 0.3) is 0 Å². The highest BCUT2D eigenvalue weighted by atomic mass is 16.5.